The van der Waals surface area contributed by atoms with E-state index in [-0.39, 0.29) is 11.9 Å². The summed E-state index contributed by atoms with van der Waals surface area (Å²) in [5, 5.41) is 11.3. The Kier molecular flexibility index (Phi) is 7.40. The van der Waals surface area contributed by atoms with E-state index in [2.05, 4.69) is 39.6 Å². The summed E-state index contributed by atoms with van der Waals surface area (Å²) < 4.78 is 11.0. The normalized spacial score (nSPS) is 18.8. The van der Waals surface area contributed by atoms with E-state index in [1.165, 1.54) is 11.1 Å². The molecule has 1 saturated heterocycles. The molecule has 7 nitrogen and oxygen atoms in total. The number of rotatable bonds is 8. The van der Waals surface area contributed by atoms with Crippen LogP contribution >= 0.6 is 0 Å². The number of hydrogen-bond donors (Lipinski definition) is 1. The maximum absolute atomic E-state index is 12.6. The molecule has 1 amide bonds. The molecule has 174 valence electrons. The fourth-order valence-electron chi connectivity index (χ4n) is 4.52. The fraction of sp³-hybridized carbons (Fsp3) is 0.423. The minimum Gasteiger partial charge on any atom is -0.497 e. The minimum absolute atomic E-state index is 0.00629. The van der Waals surface area contributed by atoms with Gasteiger partial charge in [-0.2, -0.15) is 0 Å². The Morgan fingerprint density at radius 1 is 1.15 bits per heavy atom. The van der Waals surface area contributed by atoms with Gasteiger partial charge in [0, 0.05) is 31.0 Å². The molecule has 33 heavy (non-hydrogen) atoms. The van der Waals surface area contributed by atoms with Gasteiger partial charge in [-0.3, -0.25) is 9.69 Å². The molecule has 0 spiro atoms. The highest BCUT2D eigenvalue weighted by Gasteiger charge is 2.30. The zero-order chi connectivity index (χ0) is 23.2. The van der Waals surface area contributed by atoms with Gasteiger partial charge >= 0.3 is 0 Å². The van der Waals surface area contributed by atoms with Crippen LogP contribution in [0.3, 0.4) is 0 Å². The second-order valence-corrected chi connectivity index (χ2v) is 8.77. The molecular weight excluding hydrogens is 416 g/mol. The summed E-state index contributed by atoms with van der Waals surface area (Å²) in [6.45, 7) is 3.74. The molecule has 1 aliphatic rings. The van der Waals surface area contributed by atoms with E-state index in [9.17, 15) is 4.79 Å². The maximum atomic E-state index is 12.6. The summed E-state index contributed by atoms with van der Waals surface area (Å²) in [5.74, 6) is 2.19. The largest absolute Gasteiger partial charge is 0.497 e. The fourth-order valence-corrected chi connectivity index (χ4v) is 4.52. The van der Waals surface area contributed by atoms with Gasteiger partial charge in [-0.1, -0.05) is 29.8 Å². The van der Waals surface area contributed by atoms with Crippen molar-refractivity contribution in [3.63, 3.8) is 0 Å². The number of nitrogens with one attached hydrogen (secondary N) is 1. The number of methoxy groups -OCH3 is 1. The molecule has 0 saturated carbocycles. The van der Waals surface area contributed by atoms with Crippen LogP contribution < -0.4 is 10.1 Å². The molecule has 0 bridgehead atoms. The van der Waals surface area contributed by atoms with Gasteiger partial charge < -0.3 is 14.5 Å². The molecular formula is C26H32N4O3. The number of ether oxygens (including phenoxy) is 1. The monoisotopic (exact) mass is 448 g/mol. The average molecular weight is 449 g/mol. The summed E-state index contributed by atoms with van der Waals surface area (Å²) in [6, 6.07) is 16.5. The summed E-state index contributed by atoms with van der Waals surface area (Å²) >= 11 is 0. The highest BCUT2D eigenvalue weighted by molar-refractivity contribution is 5.76. The lowest BCUT2D eigenvalue weighted by Gasteiger charge is -2.39. The zero-order valence-electron chi connectivity index (χ0n) is 19.6. The number of nitrogens with zero attached hydrogens (tertiary/aromatic N) is 3. The van der Waals surface area contributed by atoms with E-state index in [1.807, 2.05) is 43.3 Å². The van der Waals surface area contributed by atoms with Crippen LogP contribution in [-0.2, 0) is 11.2 Å². The predicted octanol–water partition coefficient (Wildman–Crippen LogP) is 4.19. The van der Waals surface area contributed by atoms with Crippen molar-refractivity contribution in [2.45, 2.75) is 38.6 Å². The van der Waals surface area contributed by atoms with E-state index < -0.39 is 0 Å². The van der Waals surface area contributed by atoms with Crippen molar-refractivity contribution in [1.82, 2.24) is 20.4 Å². The quantitative estimate of drug-likeness (QED) is 0.557. The number of benzene rings is 2. The van der Waals surface area contributed by atoms with E-state index in [4.69, 9.17) is 9.15 Å². The molecule has 1 N–H and O–H groups in total. The van der Waals surface area contributed by atoms with Crippen LogP contribution in [0.5, 0.6) is 5.75 Å². The molecule has 2 unspecified atom stereocenters. The Bertz CT molecular complexity index is 1050. The molecule has 7 heteroatoms. The molecule has 1 aromatic heterocycles. The van der Waals surface area contributed by atoms with E-state index in [0.29, 0.717) is 37.1 Å². The number of likely N-dealkylation sites (tertiary alicyclic amines) is 1. The van der Waals surface area contributed by atoms with Crippen LogP contribution in [-0.4, -0.2) is 48.3 Å². The Balaban J connectivity index is 1.30. The first-order chi connectivity index (χ1) is 16.0. The molecule has 2 atom stereocenters. The van der Waals surface area contributed by atoms with Crippen molar-refractivity contribution in [3.05, 3.63) is 65.5 Å². The van der Waals surface area contributed by atoms with Crippen LogP contribution in [0.2, 0.25) is 0 Å². The third-order valence-electron chi connectivity index (χ3n) is 6.36. The second-order valence-electron chi connectivity index (χ2n) is 8.77. The van der Waals surface area contributed by atoms with Gasteiger partial charge in [0.1, 0.15) is 5.75 Å². The van der Waals surface area contributed by atoms with Gasteiger partial charge in [0.2, 0.25) is 17.7 Å². The summed E-state index contributed by atoms with van der Waals surface area (Å²) in [7, 11) is 3.84. The summed E-state index contributed by atoms with van der Waals surface area (Å²) in [6.07, 6.45) is 2.97. The van der Waals surface area contributed by atoms with Crippen molar-refractivity contribution in [2.24, 2.45) is 5.92 Å². The van der Waals surface area contributed by atoms with Crippen molar-refractivity contribution < 1.29 is 13.9 Å². The lowest BCUT2D eigenvalue weighted by atomic mass is 9.85. The molecule has 3 aromatic rings. The SMILES string of the molecule is COc1ccc(C2C(CNC(=O)CCc3nnc(-c4ccc(C)cc4)o3)CCCN2C)cc1. The number of carbonyl (C=O) groups excluding carboxylic acids is 1. The molecule has 0 aliphatic carbocycles. The standard InChI is InChI=1S/C26H32N4O3/c1-18-6-8-20(9-7-18)26-29-28-24(33-26)15-14-23(31)27-17-21-5-4-16-30(2)25(21)19-10-12-22(32-3)13-11-19/h6-13,21,25H,4-5,14-17H2,1-3H3,(H,27,31). The second kappa shape index (κ2) is 10.6. The number of aryl methyl sites for hydroxylation is 2. The van der Waals surface area contributed by atoms with Crippen molar-refractivity contribution in [2.75, 3.05) is 27.2 Å². The van der Waals surface area contributed by atoms with Gasteiger partial charge in [-0.05, 0) is 69.1 Å². The predicted molar refractivity (Wildman–Crippen MR) is 127 cm³/mol. The average Bonchev–Trinajstić information content (AvgIpc) is 3.31. The van der Waals surface area contributed by atoms with Crippen LogP contribution in [0.1, 0.15) is 42.3 Å². The number of amides is 1. The minimum atomic E-state index is 0.00629. The van der Waals surface area contributed by atoms with Crippen LogP contribution in [0, 0.1) is 12.8 Å². The Morgan fingerprint density at radius 3 is 2.64 bits per heavy atom. The van der Waals surface area contributed by atoms with E-state index in [1.54, 1.807) is 7.11 Å². The summed E-state index contributed by atoms with van der Waals surface area (Å²) in [5.41, 5.74) is 3.31. The van der Waals surface area contributed by atoms with E-state index >= 15 is 0 Å². The van der Waals surface area contributed by atoms with E-state index in [0.717, 1.165) is 30.7 Å². The molecule has 2 heterocycles. The number of hydrogen-bond acceptors (Lipinski definition) is 6. The Hall–Kier alpha value is -3.19. The third-order valence-corrected chi connectivity index (χ3v) is 6.36. The number of piperidine rings is 1. The van der Waals surface area contributed by atoms with Crippen LogP contribution in [0.25, 0.3) is 11.5 Å². The van der Waals surface area contributed by atoms with Crippen molar-refractivity contribution >= 4 is 5.91 Å². The van der Waals surface area contributed by atoms with Gasteiger partial charge in [0.15, 0.2) is 0 Å². The van der Waals surface area contributed by atoms with Gasteiger partial charge in [0.25, 0.3) is 0 Å². The topological polar surface area (TPSA) is 80.5 Å². The van der Waals surface area contributed by atoms with Crippen LogP contribution in [0.15, 0.2) is 52.9 Å². The Labute approximate surface area is 195 Å². The van der Waals surface area contributed by atoms with Crippen LogP contribution in [0.4, 0.5) is 0 Å². The van der Waals surface area contributed by atoms with Gasteiger partial charge in [0.05, 0.1) is 7.11 Å². The maximum Gasteiger partial charge on any atom is 0.247 e. The first-order valence-electron chi connectivity index (χ1n) is 11.5. The first-order valence-corrected chi connectivity index (χ1v) is 11.5. The zero-order valence-corrected chi connectivity index (χ0v) is 19.6. The molecule has 4 rings (SSSR count). The third kappa shape index (κ3) is 5.79. The Morgan fingerprint density at radius 2 is 1.91 bits per heavy atom. The molecule has 1 fully saturated rings. The summed E-state index contributed by atoms with van der Waals surface area (Å²) in [4.78, 5) is 14.9. The van der Waals surface area contributed by atoms with Gasteiger partial charge in [-0.25, -0.2) is 0 Å². The lowest BCUT2D eigenvalue weighted by molar-refractivity contribution is -0.121. The van der Waals surface area contributed by atoms with Crippen molar-refractivity contribution in [1.29, 1.82) is 0 Å². The molecule has 1 aliphatic heterocycles. The molecule has 2 aromatic carbocycles. The smallest absolute Gasteiger partial charge is 0.247 e. The van der Waals surface area contributed by atoms with Crippen molar-refractivity contribution in [3.8, 4) is 17.2 Å². The van der Waals surface area contributed by atoms with Gasteiger partial charge in [-0.15, -0.1) is 10.2 Å². The number of carbonyl (C=O) groups is 1. The first kappa shape index (κ1) is 23.0. The highest BCUT2D eigenvalue weighted by Crippen LogP contribution is 2.35. The highest BCUT2D eigenvalue weighted by atomic mass is 16.5. The molecule has 0 radical (unpaired) electrons. The number of aromatic nitrogens is 2. The lowest BCUT2D eigenvalue weighted by Crippen LogP contribution is -2.41.